The molecule has 0 saturated carbocycles. The fourth-order valence-corrected chi connectivity index (χ4v) is 2.47. The second-order valence-electron chi connectivity index (χ2n) is 4.77. The van der Waals surface area contributed by atoms with Crippen LogP contribution in [0.15, 0.2) is 30.3 Å². The van der Waals surface area contributed by atoms with Crippen LogP contribution in [0.1, 0.15) is 18.4 Å². The molecule has 1 aromatic rings. The SMILES string of the molecule is CN1CCC(OC(=O)CCl)(c2ccccc2)CC1.Cl. The van der Waals surface area contributed by atoms with E-state index in [2.05, 4.69) is 11.9 Å². The van der Waals surface area contributed by atoms with Crippen molar-refractivity contribution in [2.45, 2.75) is 18.4 Å². The molecule has 1 aliphatic rings. The highest BCUT2D eigenvalue weighted by molar-refractivity contribution is 6.26. The monoisotopic (exact) mass is 303 g/mol. The predicted octanol–water partition coefficient (Wildman–Crippen LogP) is 2.81. The molecule has 19 heavy (non-hydrogen) atoms. The molecule has 0 radical (unpaired) electrons. The maximum absolute atomic E-state index is 11.6. The highest BCUT2D eigenvalue weighted by Crippen LogP contribution is 2.36. The molecule has 1 heterocycles. The predicted molar refractivity (Wildman–Crippen MR) is 78.9 cm³/mol. The molecule has 5 heteroatoms. The molecule has 106 valence electrons. The summed E-state index contributed by atoms with van der Waals surface area (Å²) < 4.78 is 5.66. The number of carbonyl (C=O) groups is 1. The van der Waals surface area contributed by atoms with Crippen molar-refractivity contribution in [3.63, 3.8) is 0 Å². The molecule has 1 aliphatic heterocycles. The second kappa shape index (κ2) is 7.13. The maximum Gasteiger partial charge on any atom is 0.321 e. The van der Waals surface area contributed by atoms with Crippen LogP contribution in [-0.4, -0.2) is 36.9 Å². The van der Waals surface area contributed by atoms with E-state index >= 15 is 0 Å². The quantitative estimate of drug-likeness (QED) is 0.635. The third kappa shape index (κ3) is 3.85. The van der Waals surface area contributed by atoms with E-state index in [1.807, 2.05) is 30.3 Å². The third-order valence-electron chi connectivity index (χ3n) is 3.51. The first-order valence-corrected chi connectivity index (χ1v) is 6.72. The standard InChI is InChI=1S/C14H18ClNO2.ClH/c1-16-9-7-14(8-10-16,18-13(17)11-15)12-5-3-2-4-6-12;/h2-6H,7-11H2,1H3;1H. The number of likely N-dealkylation sites (tertiary alicyclic amines) is 1. The van der Waals surface area contributed by atoms with Crippen molar-refractivity contribution >= 4 is 30.0 Å². The van der Waals surface area contributed by atoms with Crippen LogP contribution < -0.4 is 0 Å². The Morgan fingerprint density at radius 2 is 1.89 bits per heavy atom. The van der Waals surface area contributed by atoms with Gasteiger partial charge in [0.2, 0.25) is 0 Å². The van der Waals surface area contributed by atoms with Gasteiger partial charge in [-0.25, -0.2) is 0 Å². The topological polar surface area (TPSA) is 29.5 Å². The summed E-state index contributed by atoms with van der Waals surface area (Å²) in [7, 11) is 2.08. The number of rotatable bonds is 3. The van der Waals surface area contributed by atoms with Crippen LogP contribution in [0.2, 0.25) is 0 Å². The van der Waals surface area contributed by atoms with Crippen molar-refractivity contribution in [1.29, 1.82) is 0 Å². The van der Waals surface area contributed by atoms with E-state index in [1.54, 1.807) is 0 Å². The molecule has 3 nitrogen and oxygen atoms in total. The van der Waals surface area contributed by atoms with Gasteiger partial charge in [-0.05, 0) is 12.6 Å². The van der Waals surface area contributed by atoms with Gasteiger partial charge < -0.3 is 9.64 Å². The highest BCUT2D eigenvalue weighted by Gasteiger charge is 2.38. The van der Waals surface area contributed by atoms with Crippen LogP contribution in [-0.2, 0) is 15.1 Å². The zero-order chi connectivity index (χ0) is 13.0. The first kappa shape index (κ1) is 16.3. The Balaban J connectivity index is 0.00000180. The number of piperidine rings is 1. The maximum atomic E-state index is 11.6. The summed E-state index contributed by atoms with van der Waals surface area (Å²) >= 11 is 5.56. The van der Waals surface area contributed by atoms with Crippen LogP contribution in [0.4, 0.5) is 0 Å². The summed E-state index contributed by atoms with van der Waals surface area (Å²) in [4.78, 5) is 13.8. The number of alkyl halides is 1. The number of hydrogen-bond donors (Lipinski definition) is 0. The Bertz CT molecular complexity index is 403. The molecule has 0 N–H and O–H groups in total. The molecule has 0 spiro atoms. The Morgan fingerprint density at radius 1 is 1.32 bits per heavy atom. The van der Waals surface area contributed by atoms with Crippen molar-refractivity contribution < 1.29 is 9.53 Å². The molecule has 0 unspecified atom stereocenters. The zero-order valence-corrected chi connectivity index (χ0v) is 12.5. The van der Waals surface area contributed by atoms with Crippen LogP contribution in [0.3, 0.4) is 0 Å². The van der Waals surface area contributed by atoms with Crippen molar-refractivity contribution in [2.75, 3.05) is 26.0 Å². The molecule has 0 bridgehead atoms. The van der Waals surface area contributed by atoms with Gasteiger partial charge in [0.05, 0.1) is 0 Å². The number of hydrogen-bond acceptors (Lipinski definition) is 3. The van der Waals surface area contributed by atoms with E-state index in [1.165, 1.54) is 0 Å². The van der Waals surface area contributed by atoms with Gasteiger partial charge in [-0.1, -0.05) is 30.3 Å². The van der Waals surface area contributed by atoms with Gasteiger partial charge in [0.25, 0.3) is 0 Å². The summed E-state index contributed by atoms with van der Waals surface area (Å²) in [6.07, 6.45) is 1.63. The first-order chi connectivity index (χ1) is 8.66. The first-order valence-electron chi connectivity index (χ1n) is 6.18. The number of nitrogens with zero attached hydrogens (tertiary/aromatic N) is 1. The van der Waals surface area contributed by atoms with E-state index in [0.29, 0.717) is 0 Å². The van der Waals surface area contributed by atoms with Crippen molar-refractivity contribution in [3.05, 3.63) is 35.9 Å². The Labute approximate surface area is 125 Å². The summed E-state index contributed by atoms with van der Waals surface area (Å²) in [6.45, 7) is 1.84. The van der Waals surface area contributed by atoms with Gasteiger partial charge >= 0.3 is 5.97 Å². The van der Waals surface area contributed by atoms with Crippen LogP contribution in [0.5, 0.6) is 0 Å². The summed E-state index contributed by atoms with van der Waals surface area (Å²) in [5, 5.41) is 0. The lowest BCUT2D eigenvalue weighted by Gasteiger charge is -2.40. The molecule has 0 aromatic heterocycles. The number of ether oxygens (including phenoxy) is 1. The summed E-state index contributed by atoms with van der Waals surface area (Å²) in [5.74, 6) is -0.435. The van der Waals surface area contributed by atoms with E-state index in [4.69, 9.17) is 16.3 Å². The van der Waals surface area contributed by atoms with Gasteiger partial charge in [0.15, 0.2) is 0 Å². The van der Waals surface area contributed by atoms with Gasteiger partial charge in [-0.3, -0.25) is 4.79 Å². The number of esters is 1. The Morgan fingerprint density at radius 3 is 2.42 bits per heavy atom. The van der Waals surface area contributed by atoms with E-state index in [0.717, 1.165) is 31.5 Å². The minimum atomic E-state index is -0.500. The second-order valence-corrected chi connectivity index (χ2v) is 5.04. The summed E-state index contributed by atoms with van der Waals surface area (Å²) in [5.41, 5.74) is 0.566. The average molecular weight is 304 g/mol. The van der Waals surface area contributed by atoms with Crippen LogP contribution >= 0.6 is 24.0 Å². The highest BCUT2D eigenvalue weighted by atomic mass is 35.5. The van der Waals surface area contributed by atoms with E-state index < -0.39 is 5.60 Å². The normalized spacial score (nSPS) is 18.4. The Hall–Kier alpha value is -0.770. The average Bonchev–Trinajstić information content (AvgIpc) is 2.42. The number of carbonyl (C=O) groups excluding carboxylic acids is 1. The largest absolute Gasteiger partial charge is 0.453 e. The van der Waals surface area contributed by atoms with Gasteiger partial charge in [0.1, 0.15) is 11.5 Å². The molecule has 1 aromatic carbocycles. The molecular weight excluding hydrogens is 285 g/mol. The molecular formula is C14H19Cl2NO2. The van der Waals surface area contributed by atoms with Crippen LogP contribution in [0.25, 0.3) is 0 Å². The molecule has 1 saturated heterocycles. The fourth-order valence-electron chi connectivity index (χ4n) is 2.42. The van der Waals surface area contributed by atoms with Crippen LogP contribution in [0, 0.1) is 0 Å². The molecule has 0 atom stereocenters. The lowest BCUT2D eigenvalue weighted by molar-refractivity contribution is -0.163. The zero-order valence-electron chi connectivity index (χ0n) is 11.0. The van der Waals surface area contributed by atoms with Gasteiger partial charge in [-0.15, -0.1) is 24.0 Å². The van der Waals surface area contributed by atoms with E-state index in [9.17, 15) is 4.79 Å². The minimum Gasteiger partial charge on any atom is -0.453 e. The van der Waals surface area contributed by atoms with Crippen molar-refractivity contribution in [3.8, 4) is 0 Å². The molecule has 1 fully saturated rings. The van der Waals surface area contributed by atoms with Gasteiger partial charge in [0, 0.05) is 25.9 Å². The lowest BCUT2D eigenvalue weighted by Crippen LogP contribution is -2.44. The smallest absolute Gasteiger partial charge is 0.321 e. The van der Waals surface area contributed by atoms with Crippen molar-refractivity contribution in [2.24, 2.45) is 0 Å². The molecule has 0 amide bonds. The van der Waals surface area contributed by atoms with Crippen molar-refractivity contribution in [1.82, 2.24) is 4.90 Å². The number of benzene rings is 1. The third-order valence-corrected chi connectivity index (χ3v) is 3.73. The molecule has 2 rings (SSSR count). The minimum absolute atomic E-state index is 0. The van der Waals surface area contributed by atoms with Gasteiger partial charge in [-0.2, -0.15) is 0 Å². The Kier molecular flexibility index (Phi) is 6.11. The fraction of sp³-hybridized carbons (Fsp3) is 0.500. The summed E-state index contributed by atoms with van der Waals surface area (Å²) in [6, 6.07) is 9.96. The lowest BCUT2D eigenvalue weighted by atomic mass is 9.84. The molecule has 0 aliphatic carbocycles. The number of halogens is 2. The van der Waals surface area contributed by atoms with E-state index in [-0.39, 0.29) is 24.3 Å².